The highest BCUT2D eigenvalue weighted by molar-refractivity contribution is 5.97. The summed E-state index contributed by atoms with van der Waals surface area (Å²) in [6, 6.07) is 5.30. The zero-order valence-corrected chi connectivity index (χ0v) is 11.9. The first-order chi connectivity index (χ1) is 8.82. The molecule has 4 heteroatoms. The number of rotatable bonds is 5. The van der Waals surface area contributed by atoms with Crippen molar-refractivity contribution in [1.29, 1.82) is 0 Å². The van der Waals surface area contributed by atoms with Crippen LogP contribution in [0.2, 0.25) is 0 Å². The van der Waals surface area contributed by atoms with E-state index in [9.17, 15) is 9.59 Å². The largest absolute Gasteiger partial charge is 0.481 e. The molecule has 0 saturated heterocycles. The van der Waals surface area contributed by atoms with Crippen LogP contribution in [-0.2, 0) is 4.79 Å². The summed E-state index contributed by atoms with van der Waals surface area (Å²) in [6.07, 6.45) is -0.0612. The molecule has 0 radical (unpaired) electrons. The van der Waals surface area contributed by atoms with Crippen molar-refractivity contribution >= 4 is 11.9 Å². The highest BCUT2D eigenvalue weighted by Crippen LogP contribution is 2.15. The number of hydrogen-bond donors (Lipinski definition) is 2. The molecule has 0 saturated carbocycles. The molecule has 1 amide bonds. The Morgan fingerprint density at radius 3 is 2.16 bits per heavy atom. The first kappa shape index (κ1) is 15.2. The van der Waals surface area contributed by atoms with Gasteiger partial charge in [-0.2, -0.15) is 0 Å². The molecule has 1 unspecified atom stereocenters. The van der Waals surface area contributed by atoms with Gasteiger partial charge in [0.2, 0.25) is 0 Å². The molecule has 104 valence electrons. The lowest BCUT2D eigenvalue weighted by Gasteiger charge is -2.21. The summed E-state index contributed by atoms with van der Waals surface area (Å²) in [5.74, 6) is -1.03. The van der Waals surface area contributed by atoms with Crippen LogP contribution in [0.4, 0.5) is 0 Å². The number of aliphatic carboxylic acids is 1. The van der Waals surface area contributed by atoms with Gasteiger partial charge in [-0.3, -0.25) is 9.59 Å². The number of carbonyl (C=O) groups excluding carboxylic acids is 1. The molecule has 0 fully saturated rings. The molecule has 2 N–H and O–H groups in total. The van der Waals surface area contributed by atoms with Gasteiger partial charge in [-0.05, 0) is 30.9 Å². The lowest BCUT2D eigenvalue weighted by atomic mass is 9.98. The minimum Gasteiger partial charge on any atom is -0.481 e. The topological polar surface area (TPSA) is 66.4 Å². The third-order valence-corrected chi connectivity index (χ3v) is 3.22. The summed E-state index contributed by atoms with van der Waals surface area (Å²) in [5.41, 5.74) is 2.43. The molecule has 1 aromatic rings. The van der Waals surface area contributed by atoms with E-state index in [0.717, 1.165) is 11.1 Å². The predicted molar refractivity (Wildman–Crippen MR) is 74.3 cm³/mol. The van der Waals surface area contributed by atoms with Crippen LogP contribution in [0.5, 0.6) is 0 Å². The molecule has 1 rings (SSSR count). The Bertz CT molecular complexity index is 460. The van der Waals surface area contributed by atoms with Crippen molar-refractivity contribution in [1.82, 2.24) is 5.32 Å². The summed E-state index contributed by atoms with van der Waals surface area (Å²) in [4.78, 5) is 23.1. The maximum Gasteiger partial charge on any atom is 0.305 e. The second kappa shape index (κ2) is 6.36. The highest BCUT2D eigenvalue weighted by atomic mass is 16.4. The van der Waals surface area contributed by atoms with E-state index in [-0.39, 0.29) is 24.3 Å². The standard InChI is InChI=1S/C15H21NO3/c1-9(2)12(8-13(17)18)16-15(19)14-10(3)6-5-7-11(14)4/h5-7,9,12H,8H2,1-4H3,(H,16,19)(H,17,18). The smallest absolute Gasteiger partial charge is 0.305 e. The zero-order valence-electron chi connectivity index (χ0n) is 11.9. The maximum atomic E-state index is 12.3. The molecule has 19 heavy (non-hydrogen) atoms. The van der Waals surface area contributed by atoms with Crippen LogP contribution in [0, 0.1) is 19.8 Å². The minimum absolute atomic E-state index is 0.0612. The van der Waals surface area contributed by atoms with E-state index in [4.69, 9.17) is 5.11 Å². The number of hydrogen-bond acceptors (Lipinski definition) is 2. The molecule has 0 spiro atoms. The lowest BCUT2D eigenvalue weighted by molar-refractivity contribution is -0.137. The Kier molecular flexibility index (Phi) is 5.10. The van der Waals surface area contributed by atoms with Gasteiger partial charge in [-0.25, -0.2) is 0 Å². The number of carboxylic acids is 1. The molecule has 1 atom stereocenters. The average Bonchev–Trinajstić information content (AvgIpc) is 2.27. The van der Waals surface area contributed by atoms with Crippen LogP contribution in [-0.4, -0.2) is 23.0 Å². The van der Waals surface area contributed by atoms with E-state index in [1.165, 1.54) is 0 Å². The van der Waals surface area contributed by atoms with Gasteiger partial charge in [0.1, 0.15) is 0 Å². The fourth-order valence-electron chi connectivity index (χ4n) is 2.05. The number of aryl methyl sites for hydroxylation is 2. The SMILES string of the molecule is Cc1cccc(C)c1C(=O)NC(CC(=O)O)C(C)C. The van der Waals surface area contributed by atoms with Crippen molar-refractivity contribution in [3.05, 3.63) is 34.9 Å². The van der Waals surface area contributed by atoms with E-state index in [1.54, 1.807) is 0 Å². The Balaban J connectivity index is 2.91. The number of carboxylic acid groups (broad SMARTS) is 1. The number of nitrogens with one attached hydrogen (secondary N) is 1. The summed E-state index contributed by atoms with van der Waals surface area (Å²) >= 11 is 0. The van der Waals surface area contributed by atoms with Crippen LogP contribution >= 0.6 is 0 Å². The molecule has 0 aromatic heterocycles. The molecule has 0 aliphatic carbocycles. The molecular weight excluding hydrogens is 242 g/mol. The lowest BCUT2D eigenvalue weighted by Crippen LogP contribution is -2.40. The fourth-order valence-corrected chi connectivity index (χ4v) is 2.05. The third-order valence-electron chi connectivity index (χ3n) is 3.22. The van der Waals surface area contributed by atoms with Gasteiger partial charge in [0.15, 0.2) is 0 Å². The van der Waals surface area contributed by atoms with Crippen LogP contribution in [0.1, 0.15) is 41.8 Å². The van der Waals surface area contributed by atoms with Gasteiger partial charge in [0.05, 0.1) is 6.42 Å². The molecular formula is C15H21NO3. The van der Waals surface area contributed by atoms with Crippen molar-refractivity contribution in [2.45, 2.75) is 40.2 Å². The number of amides is 1. The highest BCUT2D eigenvalue weighted by Gasteiger charge is 2.21. The molecule has 0 aliphatic heterocycles. The Hall–Kier alpha value is -1.84. The van der Waals surface area contributed by atoms with Gasteiger partial charge >= 0.3 is 5.97 Å². The summed E-state index contributed by atoms with van der Waals surface area (Å²) in [5, 5.41) is 11.7. The quantitative estimate of drug-likeness (QED) is 0.858. The molecule has 0 bridgehead atoms. The van der Waals surface area contributed by atoms with Crippen molar-refractivity contribution in [2.75, 3.05) is 0 Å². The molecule has 4 nitrogen and oxygen atoms in total. The summed E-state index contributed by atoms with van der Waals surface area (Å²) < 4.78 is 0. The fraction of sp³-hybridized carbons (Fsp3) is 0.467. The van der Waals surface area contributed by atoms with Gasteiger partial charge in [0.25, 0.3) is 5.91 Å². The van der Waals surface area contributed by atoms with E-state index in [1.807, 2.05) is 45.9 Å². The zero-order chi connectivity index (χ0) is 14.6. The molecule has 0 aliphatic rings. The van der Waals surface area contributed by atoms with Crippen molar-refractivity contribution in [2.24, 2.45) is 5.92 Å². The van der Waals surface area contributed by atoms with Crippen molar-refractivity contribution in [3.8, 4) is 0 Å². The summed E-state index contributed by atoms with van der Waals surface area (Å²) in [6.45, 7) is 7.56. The second-order valence-electron chi connectivity index (χ2n) is 5.19. The van der Waals surface area contributed by atoms with Gasteiger partial charge in [0, 0.05) is 11.6 Å². The Labute approximate surface area is 113 Å². The van der Waals surface area contributed by atoms with E-state index in [0.29, 0.717) is 5.56 Å². The van der Waals surface area contributed by atoms with Gasteiger partial charge < -0.3 is 10.4 Å². The Morgan fingerprint density at radius 1 is 1.21 bits per heavy atom. The first-order valence-corrected chi connectivity index (χ1v) is 6.41. The third kappa shape index (κ3) is 4.09. The average molecular weight is 263 g/mol. The van der Waals surface area contributed by atoms with Gasteiger partial charge in [-0.15, -0.1) is 0 Å². The number of benzene rings is 1. The van der Waals surface area contributed by atoms with E-state index < -0.39 is 5.97 Å². The molecule has 0 heterocycles. The van der Waals surface area contributed by atoms with Crippen LogP contribution in [0.3, 0.4) is 0 Å². The van der Waals surface area contributed by atoms with E-state index >= 15 is 0 Å². The minimum atomic E-state index is -0.902. The van der Waals surface area contributed by atoms with Crippen LogP contribution in [0.15, 0.2) is 18.2 Å². The van der Waals surface area contributed by atoms with Gasteiger partial charge in [-0.1, -0.05) is 32.0 Å². The van der Waals surface area contributed by atoms with Crippen LogP contribution < -0.4 is 5.32 Å². The Morgan fingerprint density at radius 2 is 1.74 bits per heavy atom. The van der Waals surface area contributed by atoms with Crippen molar-refractivity contribution < 1.29 is 14.7 Å². The summed E-state index contributed by atoms with van der Waals surface area (Å²) in [7, 11) is 0. The first-order valence-electron chi connectivity index (χ1n) is 6.41. The van der Waals surface area contributed by atoms with E-state index in [2.05, 4.69) is 5.32 Å². The molecule has 1 aromatic carbocycles. The maximum absolute atomic E-state index is 12.3. The van der Waals surface area contributed by atoms with Crippen LogP contribution in [0.25, 0.3) is 0 Å². The van der Waals surface area contributed by atoms with Crippen molar-refractivity contribution in [3.63, 3.8) is 0 Å². The normalized spacial score (nSPS) is 12.3. The number of carbonyl (C=O) groups is 2. The monoisotopic (exact) mass is 263 g/mol. The predicted octanol–water partition coefficient (Wildman–Crippen LogP) is 2.53. The second-order valence-corrected chi connectivity index (χ2v) is 5.19.